The lowest BCUT2D eigenvalue weighted by molar-refractivity contribution is -0.157. The highest BCUT2D eigenvalue weighted by atomic mass is 16.4. The van der Waals surface area contributed by atoms with Crippen molar-refractivity contribution in [2.45, 2.75) is 19.8 Å². The summed E-state index contributed by atoms with van der Waals surface area (Å²) in [6.45, 7) is 1.51. The van der Waals surface area contributed by atoms with Gasteiger partial charge in [-0.1, -0.05) is 6.92 Å². The van der Waals surface area contributed by atoms with Crippen molar-refractivity contribution in [1.29, 1.82) is 0 Å². The molecule has 0 aromatic rings. The number of hydrogen-bond acceptors (Lipinski definition) is 3. The minimum absolute atomic E-state index is 0.0453. The van der Waals surface area contributed by atoms with Crippen LogP contribution in [0.25, 0.3) is 0 Å². The molecule has 0 spiro atoms. The fourth-order valence-electron chi connectivity index (χ4n) is 1.17. The van der Waals surface area contributed by atoms with E-state index in [1.807, 2.05) is 0 Å². The molecule has 76 valence electrons. The van der Waals surface area contributed by atoms with Crippen molar-refractivity contribution >= 4 is 11.9 Å². The molecule has 0 aliphatic rings. The molecule has 5 nitrogen and oxygen atoms in total. The topological polar surface area (TPSA) is 94.8 Å². The molecule has 0 bridgehead atoms. The minimum atomic E-state index is -1.37. The Labute approximate surface area is 76.0 Å². The standard InChI is InChI=1S/C8H14O5/c1-5(3-2-4-9)6(7(10)11)8(12)13/h5-6,9H,2-4H2,1H3,(H,10,11)(H,12,13). The molecule has 0 aliphatic carbocycles. The SMILES string of the molecule is CC(CCCO)C(C(=O)O)C(=O)O. The van der Waals surface area contributed by atoms with Gasteiger partial charge in [0.1, 0.15) is 0 Å². The third-order valence-electron chi connectivity index (χ3n) is 1.92. The highest BCUT2D eigenvalue weighted by Crippen LogP contribution is 2.17. The first kappa shape index (κ1) is 11.9. The second kappa shape index (κ2) is 5.53. The van der Waals surface area contributed by atoms with Gasteiger partial charge in [-0.25, -0.2) is 0 Å². The summed E-state index contributed by atoms with van der Waals surface area (Å²) in [7, 11) is 0. The Bertz CT molecular complexity index is 175. The lowest BCUT2D eigenvalue weighted by Gasteiger charge is -2.15. The van der Waals surface area contributed by atoms with Crippen molar-refractivity contribution in [3.05, 3.63) is 0 Å². The average molecular weight is 190 g/mol. The van der Waals surface area contributed by atoms with E-state index < -0.39 is 23.8 Å². The maximum absolute atomic E-state index is 10.5. The largest absolute Gasteiger partial charge is 0.481 e. The van der Waals surface area contributed by atoms with E-state index in [0.717, 1.165) is 0 Å². The third kappa shape index (κ3) is 3.89. The molecule has 0 heterocycles. The molecule has 1 unspecified atom stereocenters. The smallest absolute Gasteiger partial charge is 0.318 e. The van der Waals surface area contributed by atoms with Gasteiger partial charge in [0.25, 0.3) is 0 Å². The molecular weight excluding hydrogens is 176 g/mol. The van der Waals surface area contributed by atoms with E-state index in [4.69, 9.17) is 15.3 Å². The van der Waals surface area contributed by atoms with E-state index in [1.165, 1.54) is 0 Å². The van der Waals surface area contributed by atoms with Gasteiger partial charge >= 0.3 is 11.9 Å². The Morgan fingerprint density at radius 1 is 1.23 bits per heavy atom. The Morgan fingerprint density at radius 2 is 1.69 bits per heavy atom. The first-order chi connectivity index (χ1) is 6.00. The van der Waals surface area contributed by atoms with Crippen LogP contribution in [0, 0.1) is 11.8 Å². The lowest BCUT2D eigenvalue weighted by atomic mass is 9.90. The van der Waals surface area contributed by atoms with Crippen LogP contribution in [-0.4, -0.2) is 33.9 Å². The molecule has 0 aromatic carbocycles. The average Bonchev–Trinajstić information content (AvgIpc) is 1.99. The van der Waals surface area contributed by atoms with Crippen LogP contribution in [0.3, 0.4) is 0 Å². The monoisotopic (exact) mass is 190 g/mol. The van der Waals surface area contributed by atoms with E-state index in [9.17, 15) is 9.59 Å². The van der Waals surface area contributed by atoms with Crippen LogP contribution in [0.15, 0.2) is 0 Å². The number of aliphatic hydroxyl groups is 1. The zero-order valence-corrected chi connectivity index (χ0v) is 7.43. The van der Waals surface area contributed by atoms with Crippen LogP contribution in [0.5, 0.6) is 0 Å². The lowest BCUT2D eigenvalue weighted by Crippen LogP contribution is -2.29. The van der Waals surface area contributed by atoms with Crippen molar-refractivity contribution in [3.8, 4) is 0 Å². The van der Waals surface area contributed by atoms with Crippen molar-refractivity contribution in [2.75, 3.05) is 6.61 Å². The molecule has 0 fully saturated rings. The molecule has 0 saturated heterocycles. The molecule has 5 heteroatoms. The zero-order chi connectivity index (χ0) is 10.4. The van der Waals surface area contributed by atoms with Gasteiger partial charge in [0, 0.05) is 6.61 Å². The fourth-order valence-corrected chi connectivity index (χ4v) is 1.17. The second-order valence-corrected chi connectivity index (χ2v) is 3.00. The molecule has 1 atom stereocenters. The maximum atomic E-state index is 10.5. The summed E-state index contributed by atoms with van der Waals surface area (Å²) >= 11 is 0. The van der Waals surface area contributed by atoms with Gasteiger partial charge in [-0.05, 0) is 18.8 Å². The zero-order valence-electron chi connectivity index (χ0n) is 7.43. The highest BCUT2D eigenvalue weighted by Gasteiger charge is 2.31. The van der Waals surface area contributed by atoms with E-state index in [1.54, 1.807) is 6.92 Å². The van der Waals surface area contributed by atoms with Crippen LogP contribution in [-0.2, 0) is 9.59 Å². The molecule has 0 amide bonds. The summed E-state index contributed by atoms with van der Waals surface area (Å²) in [6.07, 6.45) is 0.831. The number of carboxylic acids is 2. The predicted molar refractivity (Wildman–Crippen MR) is 44.2 cm³/mol. The Morgan fingerprint density at radius 3 is 2.00 bits per heavy atom. The number of aliphatic hydroxyl groups excluding tert-OH is 1. The maximum Gasteiger partial charge on any atom is 0.318 e. The summed E-state index contributed by atoms with van der Waals surface area (Å²) in [4.78, 5) is 21.0. The Balaban J connectivity index is 4.20. The van der Waals surface area contributed by atoms with Gasteiger partial charge in [0.2, 0.25) is 0 Å². The number of aliphatic carboxylic acids is 2. The molecule has 3 N–H and O–H groups in total. The summed E-state index contributed by atoms with van der Waals surface area (Å²) in [6, 6.07) is 0. The fraction of sp³-hybridized carbons (Fsp3) is 0.750. The van der Waals surface area contributed by atoms with E-state index in [-0.39, 0.29) is 6.61 Å². The van der Waals surface area contributed by atoms with Crippen molar-refractivity contribution in [1.82, 2.24) is 0 Å². The Hall–Kier alpha value is -1.10. The molecule has 0 aliphatic heterocycles. The normalized spacial score (nSPS) is 12.8. The van der Waals surface area contributed by atoms with Gasteiger partial charge in [0.15, 0.2) is 5.92 Å². The summed E-state index contributed by atoms with van der Waals surface area (Å²) in [5.74, 6) is -4.47. The summed E-state index contributed by atoms with van der Waals surface area (Å²) < 4.78 is 0. The summed E-state index contributed by atoms with van der Waals surface area (Å²) in [5, 5.41) is 25.6. The van der Waals surface area contributed by atoms with Crippen LogP contribution >= 0.6 is 0 Å². The number of rotatable bonds is 6. The van der Waals surface area contributed by atoms with Crippen molar-refractivity contribution < 1.29 is 24.9 Å². The van der Waals surface area contributed by atoms with E-state index >= 15 is 0 Å². The Kier molecular flexibility index (Phi) is 5.06. The molecule has 0 saturated carbocycles. The third-order valence-corrected chi connectivity index (χ3v) is 1.92. The quantitative estimate of drug-likeness (QED) is 0.519. The van der Waals surface area contributed by atoms with E-state index in [0.29, 0.717) is 12.8 Å². The molecule has 0 radical (unpaired) electrons. The number of carboxylic acid groups (broad SMARTS) is 2. The second-order valence-electron chi connectivity index (χ2n) is 3.00. The molecule has 0 aromatic heterocycles. The van der Waals surface area contributed by atoms with Gasteiger partial charge in [-0.3, -0.25) is 9.59 Å². The van der Waals surface area contributed by atoms with Crippen LogP contribution < -0.4 is 0 Å². The van der Waals surface area contributed by atoms with Gasteiger partial charge in [0.05, 0.1) is 0 Å². The molecule has 13 heavy (non-hydrogen) atoms. The molecular formula is C8H14O5. The van der Waals surface area contributed by atoms with Gasteiger partial charge in [-0.15, -0.1) is 0 Å². The van der Waals surface area contributed by atoms with Crippen LogP contribution in [0.2, 0.25) is 0 Å². The van der Waals surface area contributed by atoms with Crippen LogP contribution in [0.1, 0.15) is 19.8 Å². The first-order valence-electron chi connectivity index (χ1n) is 4.07. The van der Waals surface area contributed by atoms with Gasteiger partial charge < -0.3 is 15.3 Å². The van der Waals surface area contributed by atoms with Gasteiger partial charge in [-0.2, -0.15) is 0 Å². The highest BCUT2D eigenvalue weighted by molar-refractivity contribution is 5.93. The number of hydrogen-bond donors (Lipinski definition) is 3. The number of carbonyl (C=O) groups is 2. The predicted octanol–water partition coefficient (Wildman–Crippen LogP) is 0.180. The van der Waals surface area contributed by atoms with E-state index in [2.05, 4.69) is 0 Å². The first-order valence-corrected chi connectivity index (χ1v) is 4.07. The van der Waals surface area contributed by atoms with Crippen LogP contribution in [0.4, 0.5) is 0 Å². The molecule has 0 rings (SSSR count). The summed E-state index contributed by atoms with van der Waals surface area (Å²) in [5.41, 5.74) is 0. The minimum Gasteiger partial charge on any atom is -0.481 e. The van der Waals surface area contributed by atoms with Crippen molar-refractivity contribution in [2.24, 2.45) is 11.8 Å². The van der Waals surface area contributed by atoms with Crippen molar-refractivity contribution in [3.63, 3.8) is 0 Å².